The van der Waals surface area contributed by atoms with E-state index in [1.165, 1.54) is 32.1 Å². The molecule has 3 aliphatic rings. The number of hydrogen-bond donors (Lipinski definition) is 1. The normalized spacial score (nSPS) is 34.0. The first kappa shape index (κ1) is 18.3. The molecule has 0 amide bonds. The zero-order chi connectivity index (χ0) is 17.9. The lowest BCUT2D eigenvalue weighted by Gasteiger charge is -2.44. The second kappa shape index (κ2) is 7.84. The summed E-state index contributed by atoms with van der Waals surface area (Å²) in [4.78, 5) is 12.5. The van der Waals surface area contributed by atoms with Crippen LogP contribution < -0.4 is 0 Å². The van der Waals surface area contributed by atoms with Crippen molar-refractivity contribution in [2.24, 2.45) is 11.8 Å². The summed E-state index contributed by atoms with van der Waals surface area (Å²) in [6, 6.07) is 0. The molecule has 2 aliphatic carbocycles. The molecule has 4 atom stereocenters. The summed E-state index contributed by atoms with van der Waals surface area (Å²) in [5.41, 5.74) is 2.10. The Hall–Kier alpha value is -1.45. The average molecular weight is 342 g/mol. The molecule has 3 rings (SSSR count). The van der Waals surface area contributed by atoms with E-state index in [0.717, 1.165) is 24.0 Å². The first-order valence-corrected chi connectivity index (χ1v) is 9.74. The van der Waals surface area contributed by atoms with Gasteiger partial charge in [-0.15, -0.1) is 0 Å². The SMILES string of the molecule is CCCCCCC/C=C/[C@@H]1OC2(O)C(=O)C=C3C=CCC3C2C=C1C. The number of hydrogen-bond acceptors (Lipinski definition) is 3. The van der Waals surface area contributed by atoms with Crippen LogP contribution in [-0.4, -0.2) is 22.8 Å². The molecule has 1 aliphatic heterocycles. The van der Waals surface area contributed by atoms with E-state index in [9.17, 15) is 9.90 Å². The van der Waals surface area contributed by atoms with Gasteiger partial charge in [-0.2, -0.15) is 0 Å². The maximum Gasteiger partial charge on any atom is 0.238 e. The number of ketones is 1. The Morgan fingerprint density at radius 1 is 1.32 bits per heavy atom. The van der Waals surface area contributed by atoms with Gasteiger partial charge in [0.2, 0.25) is 11.6 Å². The molecular formula is C22H30O3. The summed E-state index contributed by atoms with van der Waals surface area (Å²) >= 11 is 0. The van der Waals surface area contributed by atoms with Gasteiger partial charge in [0.05, 0.1) is 0 Å². The number of allylic oxidation sites excluding steroid dienone is 4. The van der Waals surface area contributed by atoms with Gasteiger partial charge < -0.3 is 9.84 Å². The molecule has 3 nitrogen and oxygen atoms in total. The minimum absolute atomic E-state index is 0.154. The number of unbranched alkanes of at least 4 members (excludes halogenated alkanes) is 5. The van der Waals surface area contributed by atoms with Crippen molar-refractivity contribution < 1.29 is 14.6 Å². The van der Waals surface area contributed by atoms with E-state index >= 15 is 0 Å². The number of fused-ring (bicyclic) bond motifs is 3. The molecule has 0 fully saturated rings. The third-order valence-electron chi connectivity index (χ3n) is 5.65. The zero-order valence-electron chi connectivity index (χ0n) is 15.4. The van der Waals surface area contributed by atoms with E-state index in [2.05, 4.69) is 25.2 Å². The number of aliphatic hydroxyl groups is 1. The van der Waals surface area contributed by atoms with Gasteiger partial charge >= 0.3 is 0 Å². The maximum absolute atomic E-state index is 12.5. The third-order valence-corrected chi connectivity index (χ3v) is 5.65. The molecule has 0 spiro atoms. The van der Waals surface area contributed by atoms with Crippen LogP contribution in [0.4, 0.5) is 0 Å². The minimum Gasteiger partial charge on any atom is -0.359 e. The van der Waals surface area contributed by atoms with Crippen molar-refractivity contribution >= 4 is 5.78 Å². The van der Waals surface area contributed by atoms with Crippen LogP contribution in [0.25, 0.3) is 0 Å². The number of carbonyl (C=O) groups excluding carboxylic acids is 1. The summed E-state index contributed by atoms with van der Waals surface area (Å²) in [7, 11) is 0. The highest BCUT2D eigenvalue weighted by Crippen LogP contribution is 2.46. The summed E-state index contributed by atoms with van der Waals surface area (Å²) in [5.74, 6) is -2.16. The largest absolute Gasteiger partial charge is 0.359 e. The van der Waals surface area contributed by atoms with Gasteiger partial charge in [0, 0.05) is 5.92 Å². The zero-order valence-corrected chi connectivity index (χ0v) is 15.4. The minimum atomic E-state index is -1.71. The fraction of sp³-hybridized carbons (Fsp3) is 0.591. The Labute approximate surface area is 151 Å². The van der Waals surface area contributed by atoms with Crippen molar-refractivity contribution in [3.05, 3.63) is 47.6 Å². The van der Waals surface area contributed by atoms with Crippen LogP contribution in [0.15, 0.2) is 47.6 Å². The quantitative estimate of drug-likeness (QED) is 0.541. The summed E-state index contributed by atoms with van der Waals surface area (Å²) in [6.07, 6.45) is 19.7. The summed E-state index contributed by atoms with van der Waals surface area (Å²) in [6.45, 7) is 4.25. The first-order valence-electron chi connectivity index (χ1n) is 9.74. The fourth-order valence-corrected chi connectivity index (χ4v) is 4.12. The lowest BCUT2D eigenvalue weighted by molar-refractivity contribution is -0.237. The van der Waals surface area contributed by atoms with E-state index in [4.69, 9.17) is 4.74 Å². The Morgan fingerprint density at radius 2 is 2.12 bits per heavy atom. The number of rotatable bonds is 7. The first-order chi connectivity index (χ1) is 12.1. The van der Waals surface area contributed by atoms with E-state index in [1.807, 2.05) is 19.1 Å². The molecule has 3 unspecified atom stereocenters. The van der Waals surface area contributed by atoms with Crippen LogP contribution in [0.3, 0.4) is 0 Å². The lowest BCUT2D eigenvalue weighted by atomic mass is 9.72. The topological polar surface area (TPSA) is 46.5 Å². The van der Waals surface area contributed by atoms with Crippen LogP contribution in [0, 0.1) is 11.8 Å². The monoisotopic (exact) mass is 342 g/mol. The highest BCUT2D eigenvalue weighted by Gasteiger charge is 2.54. The molecule has 1 N–H and O–H groups in total. The Morgan fingerprint density at radius 3 is 2.92 bits per heavy atom. The van der Waals surface area contributed by atoms with Crippen molar-refractivity contribution in [3.63, 3.8) is 0 Å². The highest BCUT2D eigenvalue weighted by atomic mass is 16.6. The molecule has 1 heterocycles. The van der Waals surface area contributed by atoms with Crippen LogP contribution in [0.2, 0.25) is 0 Å². The van der Waals surface area contributed by atoms with Gasteiger partial charge in [0.15, 0.2) is 0 Å². The molecule has 136 valence electrons. The Kier molecular flexibility index (Phi) is 5.75. The van der Waals surface area contributed by atoms with Gasteiger partial charge in [0.25, 0.3) is 0 Å². The Bertz CT molecular complexity index is 625. The number of ether oxygens (including phenoxy) is 1. The average Bonchev–Trinajstić information content (AvgIpc) is 3.04. The highest BCUT2D eigenvalue weighted by molar-refractivity contribution is 5.98. The molecule has 0 saturated carbocycles. The van der Waals surface area contributed by atoms with Crippen molar-refractivity contribution in [1.82, 2.24) is 0 Å². The second-order valence-corrected chi connectivity index (χ2v) is 7.56. The molecule has 0 saturated heterocycles. The standard InChI is InChI=1S/C22H30O3/c1-3-4-5-6-7-8-9-13-20-16(2)14-19-18-12-10-11-17(18)15-21(23)22(19,24)25-20/h9-11,13-15,18-20,24H,3-8,12H2,1-2H3/b13-9+/t18?,19?,20-,22?/m0/s1. The van der Waals surface area contributed by atoms with Crippen molar-refractivity contribution in [2.75, 3.05) is 0 Å². The van der Waals surface area contributed by atoms with Gasteiger partial charge in [0.1, 0.15) is 6.10 Å². The maximum atomic E-state index is 12.5. The van der Waals surface area contributed by atoms with Gasteiger partial charge in [-0.1, -0.05) is 63.0 Å². The third kappa shape index (κ3) is 3.73. The van der Waals surface area contributed by atoms with E-state index in [0.29, 0.717) is 0 Å². The summed E-state index contributed by atoms with van der Waals surface area (Å²) < 4.78 is 5.93. The molecule has 25 heavy (non-hydrogen) atoms. The smallest absolute Gasteiger partial charge is 0.238 e. The van der Waals surface area contributed by atoms with Crippen LogP contribution >= 0.6 is 0 Å². The van der Waals surface area contributed by atoms with Crippen molar-refractivity contribution in [1.29, 1.82) is 0 Å². The van der Waals surface area contributed by atoms with E-state index in [-0.39, 0.29) is 23.7 Å². The summed E-state index contributed by atoms with van der Waals surface area (Å²) in [5, 5.41) is 11.0. The fourth-order valence-electron chi connectivity index (χ4n) is 4.12. The molecule has 0 radical (unpaired) electrons. The molecule has 0 aromatic carbocycles. The van der Waals surface area contributed by atoms with Gasteiger partial charge in [-0.3, -0.25) is 4.79 Å². The van der Waals surface area contributed by atoms with Crippen LogP contribution in [0.1, 0.15) is 58.8 Å². The number of carbonyl (C=O) groups is 1. The molecule has 0 bridgehead atoms. The van der Waals surface area contributed by atoms with E-state index < -0.39 is 5.79 Å². The lowest BCUT2D eigenvalue weighted by Crippen LogP contribution is -2.56. The van der Waals surface area contributed by atoms with Crippen molar-refractivity contribution in [2.45, 2.75) is 70.7 Å². The molecule has 0 aromatic rings. The Balaban J connectivity index is 1.64. The van der Waals surface area contributed by atoms with Crippen LogP contribution in [0.5, 0.6) is 0 Å². The predicted molar refractivity (Wildman–Crippen MR) is 99.9 cm³/mol. The van der Waals surface area contributed by atoms with E-state index in [1.54, 1.807) is 6.08 Å². The van der Waals surface area contributed by atoms with Crippen LogP contribution in [-0.2, 0) is 9.53 Å². The predicted octanol–water partition coefficient (Wildman–Crippen LogP) is 4.64. The van der Waals surface area contributed by atoms with Gasteiger partial charge in [-0.25, -0.2) is 0 Å². The second-order valence-electron chi connectivity index (χ2n) is 7.56. The van der Waals surface area contributed by atoms with Crippen molar-refractivity contribution in [3.8, 4) is 0 Å². The molecule has 3 heteroatoms. The van der Waals surface area contributed by atoms with Gasteiger partial charge in [-0.05, 0) is 49.3 Å². The molecular weight excluding hydrogens is 312 g/mol. The molecule has 0 aromatic heterocycles.